The first-order chi connectivity index (χ1) is 10.1. The van der Waals surface area contributed by atoms with Crippen LogP contribution in [0.2, 0.25) is 0 Å². The predicted molar refractivity (Wildman–Crippen MR) is 80.8 cm³/mol. The highest BCUT2D eigenvalue weighted by atomic mass is 32.2. The van der Waals surface area contributed by atoms with E-state index in [0.29, 0.717) is 11.5 Å². The number of aromatic carboxylic acids is 1. The number of phenolic OH excluding ortho intramolecular Hbond substituents is 1. The van der Waals surface area contributed by atoms with Crippen LogP contribution < -0.4 is 0 Å². The van der Waals surface area contributed by atoms with Crippen LogP contribution in [0.4, 0.5) is 0 Å². The number of benzene rings is 2. The van der Waals surface area contributed by atoms with Crippen molar-refractivity contribution in [2.45, 2.75) is 10.6 Å². The molecule has 21 heavy (non-hydrogen) atoms. The second kappa shape index (κ2) is 5.54. The Labute approximate surface area is 125 Å². The number of hydrogen-bond acceptors (Lipinski definition) is 4. The average Bonchev–Trinajstić information content (AvgIpc) is 2.96. The van der Waals surface area contributed by atoms with Gasteiger partial charge in [0.2, 0.25) is 0 Å². The molecule has 0 saturated carbocycles. The molecule has 0 aliphatic heterocycles. The van der Waals surface area contributed by atoms with E-state index in [9.17, 15) is 9.90 Å². The first-order valence-corrected chi connectivity index (χ1v) is 7.28. The van der Waals surface area contributed by atoms with Crippen molar-refractivity contribution in [2.24, 2.45) is 0 Å². The number of carboxylic acids is 1. The standard InChI is InChI=1S/C16H12O4S/c17-14-5-6-15(13-4-2-1-3-12(13)14)21-9-11-7-10(8-20-11)16(18)19/h1-8,17H,9H2,(H,18,19). The van der Waals surface area contributed by atoms with E-state index in [4.69, 9.17) is 9.52 Å². The van der Waals surface area contributed by atoms with Crippen molar-refractivity contribution in [3.05, 3.63) is 60.1 Å². The predicted octanol–water partition coefficient (Wildman–Crippen LogP) is 4.13. The van der Waals surface area contributed by atoms with E-state index in [1.54, 1.807) is 6.07 Å². The van der Waals surface area contributed by atoms with Gasteiger partial charge in [-0.2, -0.15) is 0 Å². The van der Waals surface area contributed by atoms with E-state index >= 15 is 0 Å². The Kier molecular flexibility index (Phi) is 3.58. The molecule has 0 saturated heterocycles. The van der Waals surface area contributed by atoms with Gasteiger partial charge in [0.05, 0.1) is 11.3 Å². The highest BCUT2D eigenvalue weighted by Crippen LogP contribution is 2.34. The second-order valence-electron chi connectivity index (χ2n) is 4.52. The van der Waals surface area contributed by atoms with Gasteiger partial charge in [-0.1, -0.05) is 24.3 Å². The minimum absolute atomic E-state index is 0.154. The summed E-state index contributed by atoms with van der Waals surface area (Å²) in [5, 5.41) is 20.5. The van der Waals surface area contributed by atoms with Crippen LogP contribution in [-0.2, 0) is 5.75 Å². The van der Waals surface area contributed by atoms with Crippen molar-refractivity contribution in [1.29, 1.82) is 0 Å². The molecule has 3 aromatic rings. The average molecular weight is 300 g/mol. The smallest absolute Gasteiger partial charge is 0.338 e. The number of thioether (sulfide) groups is 1. The number of aromatic hydroxyl groups is 1. The Bertz CT molecular complexity index is 807. The van der Waals surface area contributed by atoms with Gasteiger partial charge < -0.3 is 14.6 Å². The van der Waals surface area contributed by atoms with Gasteiger partial charge in [0, 0.05) is 10.3 Å². The molecule has 0 aliphatic carbocycles. The molecule has 2 aromatic carbocycles. The van der Waals surface area contributed by atoms with Crippen LogP contribution in [0.5, 0.6) is 5.75 Å². The Hall–Kier alpha value is -2.40. The van der Waals surface area contributed by atoms with Gasteiger partial charge in [0.1, 0.15) is 17.8 Å². The molecule has 0 atom stereocenters. The lowest BCUT2D eigenvalue weighted by Crippen LogP contribution is -1.91. The molecule has 0 radical (unpaired) electrons. The number of furan rings is 1. The van der Waals surface area contributed by atoms with Crippen LogP contribution in [-0.4, -0.2) is 16.2 Å². The van der Waals surface area contributed by atoms with Gasteiger partial charge in [-0.25, -0.2) is 4.79 Å². The van der Waals surface area contributed by atoms with Crippen LogP contribution in [0, 0.1) is 0 Å². The first-order valence-electron chi connectivity index (χ1n) is 6.29. The monoisotopic (exact) mass is 300 g/mol. The molecule has 1 aromatic heterocycles. The van der Waals surface area contributed by atoms with E-state index in [1.807, 2.05) is 30.3 Å². The summed E-state index contributed by atoms with van der Waals surface area (Å²) in [6.07, 6.45) is 1.24. The zero-order chi connectivity index (χ0) is 14.8. The van der Waals surface area contributed by atoms with Gasteiger partial charge in [-0.15, -0.1) is 11.8 Å². The number of hydrogen-bond donors (Lipinski definition) is 2. The minimum Gasteiger partial charge on any atom is -0.507 e. The van der Waals surface area contributed by atoms with Crippen molar-refractivity contribution in [1.82, 2.24) is 0 Å². The fourth-order valence-corrected chi connectivity index (χ4v) is 3.05. The minimum atomic E-state index is -0.995. The van der Waals surface area contributed by atoms with Crippen molar-refractivity contribution < 1.29 is 19.4 Å². The molecule has 4 nitrogen and oxygen atoms in total. The third kappa shape index (κ3) is 2.73. The zero-order valence-corrected chi connectivity index (χ0v) is 11.8. The summed E-state index contributed by atoms with van der Waals surface area (Å²) >= 11 is 1.54. The van der Waals surface area contributed by atoms with Crippen molar-refractivity contribution >= 4 is 28.5 Å². The number of rotatable bonds is 4. The van der Waals surface area contributed by atoms with Gasteiger partial charge >= 0.3 is 5.97 Å². The Morgan fingerprint density at radius 1 is 1.14 bits per heavy atom. The Balaban J connectivity index is 1.85. The molecule has 0 aliphatic rings. The van der Waals surface area contributed by atoms with E-state index in [2.05, 4.69) is 0 Å². The lowest BCUT2D eigenvalue weighted by Gasteiger charge is -2.06. The Morgan fingerprint density at radius 3 is 2.62 bits per heavy atom. The fourth-order valence-electron chi connectivity index (χ4n) is 2.10. The number of phenols is 1. The van der Waals surface area contributed by atoms with Crippen LogP contribution in [0.3, 0.4) is 0 Å². The third-order valence-electron chi connectivity index (χ3n) is 3.13. The zero-order valence-electron chi connectivity index (χ0n) is 10.9. The van der Waals surface area contributed by atoms with Crippen molar-refractivity contribution in [3.8, 4) is 5.75 Å². The fraction of sp³-hybridized carbons (Fsp3) is 0.0625. The molecular formula is C16H12O4S. The summed E-state index contributed by atoms with van der Waals surface area (Å²) < 4.78 is 5.23. The largest absolute Gasteiger partial charge is 0.507 e. The molecule has 3 rings (SSSR count). The van der Waals surface area contributed by atoms with Gasteiger partial charge in [-0.05, 0) is 23.6 Å². The Morgan fingerprint density at radius 2 is 1.90 bits per heavy atom. The van der Waals surface area contributed by atoms with E-state index in [0.717, 1.165) is 15.7 Å². The highest BCUT2D eigenvalue weighted by Gasteiger charge is 2.10. The molecule has 5 heteroatoms. The van der Waals surface area contributed by atoms with Crippen LogP contribution >= 0.6 is 11.8 Å². The third-order valence-corrected chi connectivity index (χ3v) is 4.23. The molecule has 0 unspecified atom stereocenters. The molecule has 106 valence electrons. The quantitative estimate of drug-likeness (QED) is 0.709. The van der Waals surface area contributed by atoms with Gasteiger partial charge in [0.25, 0.3) is 0 Å². The maximum Gasteiger partial charge on any atom is 0.338 e. The van der Waals surface area contributed by atoms with Gasteiger partial charge in [0.15, 0.2) is 0 Å². The van der Waals surface area contributed by atoms with Crippen LogP contribution in [0.25, 0.3) is 10.8 Å². The summed E-state index contributed by atoms with van der Waals surface area (Å²) in [5.74, 6) is 0.392. The lowest BCUT2D eigenvalue weighted by molar-refractivity contribution is 0.0696. The molecule has 0 amide bonds. The molecule has 0 fully saturated rings. The van der Waals surface area contributed by atoms with Crippen LogP contribution in [0.15, 0.2) is 58.0 Å². The van der Waals surface area contributed by atoms with E-state index < -0.39 is 5.97 Å². The molecule has 0 bridgehead atoms. The van der Waals surface area contributed by atoms with Gasteiger partial charge in [-0.3, -0.25) is 0 Å². The molecular weight excluding hydrogens is 288 g/mol. The number of carboxylic acid groups (broad SMARTS) is 1. The molecule has 1 heterocycles. The maximum atomic E-state index is 10.8. The SMILES string of the molecule is O=C(O)c1coc(CSc2ccc(O)c3ccccc23)c1. The lowest BCUT2D eigenvalue weighted by atomic mass is 10.1. The van der Waals surface area contributed by atoms with Crippen molar-refractivity contribution in [3.63, 3.8) is 0 Å². The normalized spacial score (nSPS) is 10.9. The maximum absolute atomic E-state index is 10.8. The topological polar surface area (TPSA) is 70.7 Å². The number of fused-ring (bicyclic) bond motifs is 1. The van der Waals surface area contributed by atoms with Crippen LogP contribution in [0.1, 0.15) is 16.1 Å². The molecule has 2 N–H and O–H groups in total. The summed E-state index contributed by atoms with van der Waals surface area (Å²) in [6.45, 7) is 0. The summed E-state index contributed by atoms with van der Waals surface area (Å²) in [4.78, 5) is 11.8. The summed E-state index contributed by atoms with van der Waals surface area (Å²) in [5.41, 5.74) is 0.154. The summed E-state index contributed by atoms with van der Waals surface area (Å²) in [7, 11) is 0. The van der Waals surface area contributed by atoms with E-state index in [-0.39, 0.29) is 11.3 Å². The molecule has 0 spiro atoms. The first kappa shape index (κ1) is 13.6. The second-order valence-corrected chi connectivity index (χ2v) is 5.54. The summed E-state index contributed by atoms with van der Waals surface area (Å²) in [6, 6.07) is 12.6. The number of carbonyl (C=O) groups is 1. The highest BCUT2D eigenvalue weighted by molar-refractivity contribution is 7.98. The van der Waals surface area contributed by atoms with E-state index in [1.165, 1.54) is 24.1 Å². The van der Waals surface area contributed by atoms with Crippen molar-refractivity contribution in [2.75, 3.05) is 0 Å².